The van der Waals surface area contributed by atoms with Crippen LogP contribution in [-0.2, 0) is 32.1 Å². The molecule has 2 aliphatic heterocycles. The third-order valence-electron chi connectivity index (χ3n) is 8.33. The van der Waals surface area contributed by atoms with Gasteiger partial charge in [-0.25, -0.2) is 9.59 Å². The number of aryl methyl sites for hydroxylation is 1. The summed E-state index contributed by atoms with van der Waals surface area (Å²) >= 11 is 0. The topological polar surface area (TPSA) is 117 Å². The van der Waals surface area contributed by atoms with E-state index in [1.807, 2.05) is 42.5 Å². The maximum Gasteiger partial charge on any atom is 0.410 e. The van der Waals surface area contributed by atoms with Crippen LogP contribution in [0, 0.1) is 0 Å². The van der Waals surface area contributed by atoms with Crippen LogP contribution < -0.4 is 10.6 Å². The van der Waals surface area contributed by atoms with E-state index in [2.05, 4.69) is 22.8 Å². The summed E-state index contributed by atoms with van der Waals surface area (Å²) in [6, 6.07) is 15.4. The maximum atomic E-state index is 14.1. The summed E-state index contributed by atoms with van der Waals surface area (Å²) in [7, 11) is 0. The molecule has 0 bridgehead atoms. The van der Waals surface area contributed by atoms with Crippen molar-refractivity contribution in [2.24, 2.45) is 0 Å². The van der Waals surface area contributed by atoms with Gasteiger partial charge >= 0.3 is 12.2 Å². The molecule has 10 nitrogen and oxygen atoms in total. The minimum Gasteiger partial charge on any atom is -0.445 e. The zero-order chi connectivity index (χ0) is 30.6. The van der Waals surface area contributed by atoms with Crippen LogP contribution in [0.3, 0.4) is 0 Å². The van der Waals surface area contributed by atoms with Gasteiger partial charge in [-0.2, -0.15) is 0 Å². The Morgan fingerprint density at radius 1 is 0.907 bits per heavy atom. The SMILES string of the molecule is CC(C)(C)OC(=O)N[C@H]1CN(C(=O)OCc2ccccc2)CC[C@H]2CC[C@@H](C(=O)NC3CCCc4ccccc43)N2C1=O. The number of nitrogens with one attached hydrogen (secondary N) is 2. The third kappa shape index (κ3) is 7.47. The molecule has 0 saturated carbocycles. The zero-order valence-corrected chi connectivity index (χ0v) is 25.2. The predicted octanol–water partition coefficient (Wildman–Crippen LogP) is 4.48. The first-order valence-corrected chi connectivity index (χ1v) is 15.2. The first-order chi connectivity index (χ1) is 20.6. The van der Waals surface area contributed by atoms with E-state index >= 15 is 0 Å². The molecule has 230 valence electrons. The van der Waals surface area contributed by atoms with Gasteiger partial charge in [0, 0.05) is 12.6 Å². The molecule has 2 aromatic carbocycles. The van der Waals surface area contributed by atoms with Crippen molar-refractivity contribution in [1.29, 1.82) is 0 Å². The molecule has 2 N–H and O–H groups in total. The van der Waals surface area contributed by atoms with Gasteiger partial charge in [-0.15, -0.1) is 0 Å². The molecule has 0 spiro atoms. The number of hydrogen-bond donors (Lipinski definition) is 2. The highest BCUT2D eigenvalue weighted by Crippen LogP contribution is 2.33. The zero-order valence-electron chi connectivity index (χ0n) is 25.2. The highest BCUT2D eigenvalue weighted by molar-refractivity contribution is 5.93. The molecule has 3 aliphatic rings. The summed E-state index contributed by atoms with van der Waals surface area (Å²) in [5.74, 6) is -0.591. The van der Waals surface area contributed by atoms with E-state index in [1.165, 1.54) is 10.5 Å². The van der Waals surface area contributed by atoms with Crippen molar-refractivity contribution >= 4 is 24.0 Å². The Hall–Kier alpha value is -4.08. The predicted molar refractivity (Wildman–Crippen MR) is 160 cm³/mol. The Morgan fingerprint density at radius 2 is 1.65 bits per heavy atom. The molecule has 0 radical (unpaired) electrons. The average Bonchev–Trinajstić information content (AvgIpc) is 3.40. The summed E-state index contributed by atoms with van der Waals surface area (Å²) in [4.78, 5) is 57.0. The molecule has 10 heteroatoms. The number of hydrogen-bond acceptors (Lipinski definition) is 6. The van der Waals surface area contributed by atoms with Gasteiger partial charge in [-0.1, -0.05) is 54.6 Å². The number of alkyl carbamates (subject to hydrolysis) is 1. The van der Waals surface area contributed by atoms with E-state index in [9.17, 15) is 19.2 Å². The van der Waals surface area contributed by atoms with Crippen molar-refractivity contribution in [2.45, 2.75) is 95.7 Å². The minimum atomic E-state index is -1.11. The molecule has 1 unspecified atom stereocenters. The standard InChI is InChI=1S/C33H42N4O6/c1-33(2,3)43-31(40)35-27-20-36(32(41)42-21-22-10-5-4-6-11-22)19-18-24-16-17-28(37(24)30(27)39)29(38)34-26-15-9-13-23-12-7-8-14-25(23)26/h4-8,10-12,14,24,26-28H,9,13,15-21H2,1-3H3,(H,34,38)(H,35,40)/t24-,26?,27+,28+/m1/s1. The minimum absolute atomic E-state index is 0.0936. The van der Waals surface area contributed by atoms with Gasteiger partial charge < -0.3 is 29.9 Å². The second-order valence-electron chi connectivity index (χ2n) is 12.6. The first kappa shape index (κ1) is 30.4. The molecule has 2 saturated heterocycles. The van der Waals surface area contributed by atoms with Gasteiger partial charge in [-0.3, -0.25) is 9.59 Å². The van der Waals surface area contributed by atoms with Gasteiger partial charge in [0.25, 0.3) is 0 Å². The first-order valence-electron chi connectivity index (χ1n) is 15.2. The van der Waals surface area contributed by atoms with Crippen molar-refractivity contribution in [2.75, 3.05) is 13.1 Å². The van der Waals surface area contributed by atoms with E-state index in [4.69, 9.17) is 9.47 Å². The Bertz CT molecular complexity index is 1330. The van der Waals surface area contributed by atoms with Crippen molar-refractivity contribution < 1.29 is 28.7 Å². The lowest BCUT2D eigenvalue weighted by atomic mass is 9.87. The lowest BCUT2D eigenvalue weighted by Crippen LogP contribution is -2.61. The molecule has 1 aliphatic carbocycles. The number of nitrogens with zero attached hydrogens (tertiary/aromatic N) is 2. The average molecular weight is 591 g/mol. The van der Waals surface area contributed by atoms with Crippen LogP contribution in [0.25, 0.3) is 0 Å². The van der Waals surface area contributed by atoms with E-state index in [0.717, 1.165) is 30.4 Å². The molecule has 2 aromatic rings. The second-order valence-corrected chi connectivity index (χ2v) is 12.6. The third-order valence-corrected chi connectivity index (χ3v) is 8.33. The molecule has 4 amide bonds. The van der Waals surface area contributed by atoms with Gasteiger partial charge in [0.05, 0.1) is 12.6 Å². The van der Waals surface area contributed by atoms with Crippen molar-refractivity contribution in [1.82, 2.24) is 20.4 Å². The molecular formula is C33H42N4O6. The van der Waals surface area contributed by atoms with Crippen LogP contribution >= 0.6 is 0 Å². The number of carbonyl (C=O) groups excluding carboxylic acids is 4. The number of carbonyl (C=O) groups is 4. The van der Waals surface area contributed by atoms with Gasteiger partial charge in [0.1, 0.15) is 24.3 Å². The van der Waals surface area contributed by atoms with Gasteiger partial charge in [0.2, 0.25) is 11.8 Å². The lowest BCUT2D eigenvalue weighted by molar-refractivity contribution is -0.143. The Kier molecular flexibility index (Phi) is 9.22. The van der Waals surface area contributed by atoms with Crippen LogP contribution in [-0.4, -0.2) is 70.6 Å². The highest BCUT2D eigenvalue weighted by atomic mass is 16.6. The Balaban J connectivity index is 1.32. The fourth-order valence-corrected chi connectivity index (χ4v) is 6.34. The summed E-state index contributed by atoms with van der Waals surface area (Å²) in [5, 5.41) is 5.91. The van der Waals surface area contributed by atoms with Crippen LogP contribution in [0.2, 0.25) is 0 Å². The van der Waals surface area contributed by atoms with Crippen LogP contribution in [0.5, 0.6) is 0 Å². The second kappa shape index (κ2) is 13.1. The van der Waals surface area contributed by atoms with Gasteiger partial charge in [-0.05, 0) is 76.0 Å². The highest BCUT2D eigenvalue weighted by Gasteiger charge is 2.46. The number of amides is 4. The van der Waals surface area contributed by atoms with E-state index in [0.29, 0.717) is 25.8 Å². The fraction of sp³-hybridized carbons (Fsp3) is 0.515. The molecule has 4 atom stereocenters. The number of ether oxygens (including phenoxy) is 2. The molecule has 2 fully saturated rings. The number of rotatable bonds is 5. The molecular weight excluding hydrogens is 548 g/mol. The van der Waals surface area contributed by atoms with Crippen molar-refractivity contribution in [3.63, 3.8) is 0 Å². The summed E-state index contributed by atoms with van der Waals surface area (Å²) in [6.45, 7) is 5.52. The normalized spacial score (nSPS) is 23.7. The largest absolute Gasteiger partial charge is 0.445 e. The maximum absolute atomic E-state index is 14.1. The Morgan fingerprint density at radius 3 is 2.42 bits per heavy atom. The van der Waals surface area contributed by atoms with Crippen LogP contribution in [0.15, 0.2) is 54.6 Å². The molecule has 5 rings (SSSR count). The smallest absolute Gasteiger partial charge is 0.410 e. The van der Waals surface area contributed by atoms with Crippen LogP contribution in [0.1, 0.15) is 75.6 Å². The summed E-state index contributed by atoms with van der Waals surface area (Å²) in [5.41, 5.74) is 2.44. The number of benzene rings is 2. The molecule has 2 heterocycles. The lowest BCUT2D eigenvalue weighted by Gasteiger charge is -2.39. The van der Waals surface area contributed by atoms with E-state index in [-0.39, 0.29) is 31.1 Å². The van der Waals surface area contributed by atoms with Crippen LogP contribution in [0.4, 0.5) is 9.59 Å². The van der Waals surface area contributed by atoms with Crippen molar-refractivity contribution in [3.8, 4) is 0 Å². The summed E-state index contributed by atoms with van der Waals surface area (Å²) < 4.78 is 11.0. The quantitative estimate of drug-likeness (QED) is 0.531. The number of fused-ring (bicyclic) bond motifs is 2. The van der Waals surface area contributed by atoms with E-state index < -0.39 is 35.8 Å². The molecule has 0 aromatic heterocycles. The van der Waals surface area contributed by atoms with Gasteiger partial charge in [0.15, 0.2) is 0 Å². The fourth-order valence-electron chi connectivity index (χ4n) is 6.34. The monoisotopic (exact) mass is 590 g/mol. The van der Waals surface area contributed by atoms with Crippen molar-refractivity contribution in [3.05, 3.63) is 71.3 Å². The summed E-state index contributed by atoms with van der Waals surface area (Å²) in [6.07, 6.45) is 3.11. The Labute approximate surface area is 253 Å². The molecule has 43 heavy (non-hydrogen) atoms. The van der Waals surface area contributed by atoms with E-state index in [1.54, 1.807) is 25.7 Å².